The van der Waals surface area contributed by atoms with Crippen LogP contribution in [0.3, 0.4) is 0 Å². The number of hydrogen-bond acceptors (Lipinski definition) is 6. The Morgan fingerprint density at radius 3 is 2.70 bits per heavy atom. The molecule has 3 aromatic heterocycles. The number of fused-ring (bicyclic) bond motifs is 1. The highest BCUT2D eigenvalue weighted by Crippen LogP contribution is 2.43. The average Bonchev–Trinajstić information content (AvgIpc) is 3.68. The Balaban J connectivity index is 0.00000323. The molecule has 0 bridgehead atoms. The Bertz CT molecular complexity index is 1650. The topological polar surface area (TPSA) is 117 Å². The van der Waals surface area contributed by atoms with Gasteiger partial charge in [0.15, 0.2) is 5.69 Å². The zero-order valence-electron chi connectivity index (χ0n) is 20.2. The van der Waals surface area contributed by atoms with E-state index in [1.165, 1.54) is 12.1 Å². The smallest absolute Gasteiger partial charge is 0.436 e. The first-order valence-electron chi connectivity index (χ1n) is 11.8. The summed E-state index contributed by atoms with van der Waals surface area (Å²) in [5, 5.41) is 16.4. The minimum Gasteiger partial charge on any atom is -0.477 e. The van der Waals surface area contributed by atoms with Gasteiger partial charge in [0, 0.05) is 28.9 Å². The molecule has 0 aliphatic carbocycles. The van der Waals surface area contributed by atoms with Gasteiger partial charge in [-0.05, 0) is 55.2 Å². The van der Waals surface area contributed by atoms with Crippen LogP contribution in [0.2, 0.25) is 5.02 Å². The number of carboxylic acid groups (broad SMARTS) is 1. The lowest BCUT2D eigenvalue weighted by molar-refractivity contribution is -0.141. The van der Waals surface area contributed by atoms with Crippen LogP contribution in [0, 0.1) is 0 Å². The summed E-state index contributed by atoms with van der Waals surface area (Å²) in [4.78, 5) is 35.1. The first-order valence-corrected chi connectivity index (χ1v) is 13.0. The number of imidazole rings is 1. The molecule has 2 aliphatic heterocycles. The van der Waals surface area contributed by atoms with Gasteiger partial charge in [-0.25, -0.2) is 14.5 Å². The lowest BCUT2D eigenvalue weighted by Crippen LogP contribution is -2.39. The molecule has 15 heteroatoms. The second-order valence-electron chi connectivity index (χ2n) is 9.21. The van der Waals surface area contributed by atoms with Crippen molar-refractivity contribution in [2.75, 3.05) is 0 Å². The van der Waals surface area contributed by atoms with Gasteiger partial charge in [-0.1, -0.05) is 16.8 Å². The summed E-state index contributed by atoms with van der Waals surface area (Å²) in [6.45, 7) is 0. The molecule has 40 heavy (non-hydrogen) atoms. The molecule has 2 aliphatic rings. The predicted octanol–water partition coefficient (Wildman–Crippen LogP) is 6.03. The molecular weight excluding hydrogens is 592 g/mol. The number of hydrogen-bond donors (Lipinski definition) is 2. The third-order valence-corrected chi connectivity index (χ3v) is 8.16. The Morgan fingerprint density at radius 1 is 1.20 bits per heavy atom. The number of rotatable bonds is 5. The molecule has 2 N–H and O–H groups in total. The quantitative estimate of drug-likeness (QED) is 0.285. The minimum absolute atomic E-state index is 0. The molecule has 0 spiro atoms. The zero-order chi connectivity index (χ0) is 27.5. The van der Waals surface area contributed by atoms with Crippen LogP contribution in [0.15, 0.2) is 48.8 Å². The molecule has 0 radical (unpaired) electrons. The summed E-state index contributed by atoms with van der Waals surface area (Å²) in [6.07, 6.45) is 1.17. The van der Waals surface area contributed by atoms with Crippen molar-refractivity contribution in [1.82, 2.24) is 29.9 Å². The van der Waals surface area contributed by atoms with Gasteiger partial charge in [-0.2, -0.15) is 13.2 Å². The van der Waals surface area contributed by atoms with Gasteiger partial charge >= 0.3 is 12.1 Å². The van der Waals surface area contributed by atoms with E-state index in [0.29, 0.717) is 57.5 Å². The third kappa shape index (κ3) is 5.00. The van der Waals surface area contributed by atoms with Gasteiger partial charge in [-0.15, -0.1) is 28.8 Å². The number of nitrogens with zero attached hydrogens (tertiary/aromatic N) is 5. The van der Waals surface area contributed by atoms with E-state index in [1.807, 2.05) is 0 Å². The number of thiophene rings is 1. The Kier molecular flexibility index (Phi) is 7.23. The molecule has 1 amide bonds. The highest BCUT2D eigenvalue weighted by atomic mass is 35.5. The normalized spacial score (nSPS) is 18.9. The van der Waals surface area contributed by atoms with E-state index in [9.17, 15) is 27.9 Å². The first-order chi connectivity index (χ1) is 18.6. The first kappa shape index (κ1) is 27.9. The second kappa shape index (κ2) is 10.4. The fourth-order valence-electron chi connectivity index (χ4n) is 5.11. The summed E-state index contributed by atoms with van der Waals surface area (Å²) in [5.74, 6) is -0.644. The van der Waals surface area contributed by atoms with E-state index in [1.54, 1.807) is 35.4 Å². The van der Waals surface area contributed by atoms with Gasteiger partial charge in [0.2, 0.25) is 5.91 Å². The molecule has 208 valence electrons. The minimum atomic E-state index is -4.64. The predicted molar refractivity (Wildman–Crippen MR) is 143 cm³/mol. The number of benzene rings is 1. The van der Waals surface area contributed by atoms with E-state index in [4.69, 9.17) is 11.6 Å². The largest absolute Gasteiger partial charge is 0.477 e. The van der Waals surface area contributed by atoms with E-state index in [-0.39, 0.29) is 35.3 Å². The van der Waals surface area contributed by atoms with Gasteiger partial charge in [-0.3, -0.25) is 4.79 Å². The van der Waals surface area contributed by atoms with Crippen molar-refractivity contribution >= 4 is 52.8 Å². The Morgan fingerprint density at radius 2 is 2.00 bits per heavy atom. The van der Waals surface area contributed by atoms with Crippen molar-refractivity contribution < 1.29 is 27.9 Å². The maximum absolute atomic E-state index is 13.4. The Hall–Kier alpha value is -3.68. The lowest BCUT2D eigenvalue weighted by Gasteiger charge is -2.33. The maximum atomic E-state index is 13.4. The SMILES string of the molecule is Cl.O=C(O)c1ccc(-c2c[nH]c(C3CCC4CC(c5cc(Cl)ccc5-n5cc(C(F)(F)F)nn5)=CC(=O)N43)n2)s1. The fourth-order valence-corrected chi connectivity index (χ4v) is 6.09. The number of aromatic amines is 1. The van der Waals surface area contributed by atoms with Crippen LogP contribution >= 0.6 is 35.3 Å². The highest BCUT2D eigenvalue weighted by molar-refractivity contribution is 7.17. The van der Waals surface area contributed by atoms with Crippen LogP contribution in [-0.2, 0) is 11.0 Å². The summed E-state index contributed by atoms with van der Waals surface area (Å²) in [7, 11) is 0. The third-order valence-electron chi connectivity index (χ3n) is 6.83. The van der Waals surface area contributed by atoms with Crippen molar-refractivity contribution in [2.45, 2.75) is 37.5 Å². The number of H-pyrrole nitrogens is 1. The van der Waals surface area contributed by atoms with Crippen molar-refractivity contribution in [3.05, 3.63) is 75.8 Å². The number of aromatic nitrogens is 5. The van der Waals surface area contributed by atoms with Gasteiger partial charge < -0.3 is 15.0 Å². The average molecular weight is 611 g/mol. The van der Waals surface area contributed by atoms with Crippen LogP contribution in [0.1, 0.15) is 52.1 Å². The van der Waals surface area contributed by atoms with Gasteiger partial charge in [0.25, 0.3) is 0 Å². The van der Waals surface area contributed by atoms with Crippen molar-refractivity contribution in [3.63, 3.8) is 0 Å². The maximum Gasteiger partial charge on any atom is 0.436 e. The van der Waals surface area contributed by atoms with Gasteiger partial charge in [0.1, 0.15) is 10.7 Å². The molecular formula is C25H19Cl2F3N6O3S. The molecule has 6 rings (SSSR count). The summed E-state index contributed by atoms with van der Waals surface area (Å²) >= 11 is 7.35. The van der Waals surface area contributed by atoms with Crippen LogP contribution in [-0.4, -0.2) is 52.9 Å². The fraction of sp³-hybridized carbons (Fsp3) is 0.240. The van der Waals surface area contributed by atoms with Gasteiger partial charge in [0.05, 0.1) is 28.5 Å². The van der Waals surface area contributed by atoms with E-state index in [2.05, 4.69) is 20.3 Å². The van der Waals surface area contributed by atoms with E-state index in [0.717, 1.165) is 22.2 Å². The van der Waals surface area contributed by atoms with Crippen LogP contribution in [0.4, 0.5) is 13.2 Å². The van der Waals surface area contributed by atoms with Crippen molar-refractivity contribution in [3.8, 4) is 16.3 Å². The number of carbonyl (C=O) groups excluding carboxylic acids is 1. The molecule has 1 aromatic carbocycles. The zero-order valence-corrected chi connectivity index (χ0v) is 22.6. The second-order valence-corrected chi connectivity index (χ2v) is 10.7. The monoisotopic (exact) mass is 610 g/mol. The summed E-state index contributed by atoms with van der Waals surface area (Å²) in [5.41, 5.74) is 0.952. The number of amides is 1. The van der Waals surface area contributed by atoms with Crippen LogP contribution in [0.5, 0.6) is 0 Å². The summed E-state index contributed by atoms with van der Waals surface area (Å²) in [6, 6.07) is 7.48. The van der Waals surface area contributed by atoms with E-state index >= 15 is 0 Å². The number of aromatic carboxylic acids is 1. The number of halogens is 5. The number of alkyl halides is 3. The number of nitrogens with one attached hydrogen (secondary N) is 1. The molecule has 1 fully saturated rings. The number of carboxylic acids is 1. The summed E-state index contributed by atoms with van der Waals surface area (Å²) < 4.78 is 40.4. The van der Waals surface area contributed by atoms with Crippen LogP contribution < -0.4 is 0 Å². The van der Waals surface area contributed by atoms with Crippen molar-refractivity contribution in [2.24, 2.45) is 0 Å². The number of carbonyl (C=O) groups is 2. The molecule has 0 saturated carbocycles. The molecule has 2 unspecified atom stereocenters. The molecule has 2 atom stereocenters. The Labute approximate surface area is 239 Å². The lowest BCUT2D eigenvalue weighted by atomic mass is 9.92. The molecule has 1 saturated heterocycles. The van der Waals surface area contributed by atoms with Crippen LogP contribution in [0.25, 0.3) is 21.8 Å². The molecule has 5 heterocycles. The van der Waals surface area contributed by atoms with E-state index < -0.39 is 17.8 Å². The molecule has 9 nitrogen and oxygen atoms in total. The standard InChI is InChI=1S/C25H18ClF3N6O3S.ClH/c26-13-1-3-17(34-11-21(32-33-34)25(27,28)29)15(9-13)12-7-14-2-4-18(35(14)22(36)8-12)23-30-10-16(31-23)19-5-6-20(39-19)24(37)38;/h1,3,5-6,8-11,14,18H,2,4,7H2,(H,30,31)(H,37,38);1H. The van der Waals surface area contributed by atoms with Crippen molar-refractivity contribution in [1.29, 1.82) is 0 Å². The molecule has 4 aromatic rings. The highest BCUT2D eigenvalue weighted by Gasteiger charge is 2.42.